The van der Waals surface area contributed by atoms with Crippen LogP contribution in [-0.4, -0.2) is 46.5 Å². The molecule has 2 aromatic carbocycles. The molecule has 0 aliphatic carbocycles. The van der Waals surface area contributed by atoms with E-state index in [1.165, 1.54) is 24.2 Å². The van der Waals surface area contributed by atoms with Crippen LogP contribution >= 0.6 is 11.3 Å². The maximum atomic E-state index is 13.0. The number of carbonyl (C=O) groups is 1. The van der Waals surface area contributed by atoms with E-state index >= 15 is 0 Å². The van der Waals surface area contributed by atoms with Gasteiger partial charge < -0.3 is 20.9 Å². The van der Waals surface area contributed by atoms with Crippen LogP contribution in [0.15, 0.2) is 55.1 Å². The number of ketones is 1. The number of anilines is 3. The molecule has 0 bridgehead atoms. The van der Waals surface area contributed by atoms with Crippen molar-refractivity contribution in [2.45, 2.75) is 52.5 Å². The van der Waals surface area contributed by atoms with Crippen molar-refractivity contribution in [1.82, 2.24) is 9.88 Å². The minimum atomic E-state index is -0.198. The van der Waals surface area contributed by atoms with E-state index in [0.717, 1.165) is 36.5 Å². The summed E-state index contributed by atoms with van der Waals surface area (Å²) in [6.07, 6.45) is 5.88. The molecular formula is C29H38N4O3S. The molecule has 1 aromatic heterocycles. The number of aromatic hydroxyl groups is 1. The molecule has 4 rings (SSSR count). The van der Waals surface area contributed by atoms with Gasteiger partial charge >= 0.3 is 0 Å². The quantitative estimate of drug-likeness (QED) is 0.209. The third-order valence-electron chi connectivity index (χ3n) is 6.08. The Labute approximate surface area is 224 Å². The van der Waals surface area contributed by atoms with E-state index in [4.69, 9.17) is 10.5 Å². The average Bonchev–Trinajstić information content (AvgIpc) is 3.55. The SMILES string of the molecule is C=CC.CCCc1cc(C(=O)c2sc(Nc3ccc(OC[C@@H](C)N4CCCC4)cc3)nc2N)ccc1O. The third-order valence-corrected chi connectivity index (χ3v) is 7.07. The van der Waals surface area contributed by atoms with Gasteiger partial charge in [-0.1, -0.05) is 30.8 Å². The Hall–Kier alpha value is -3.36. The summed E-state index contributed by atoms with van der Waals surface area (Å²) in [6.45, 7) is 12.5. The molecule has 198 valence electrons. The van der Waals surface area contributed by atoms with Gasteiger partial charge in [0.2, 0.25) is 5.78 Å². The van der Waals surface area contributed by atoms with E-state index < -0.39 is 0 Å². The normalized spacial score (nSPS) is 13.9. The number of nitrogens with one attached hydrogen (secondary N) is 1. The zero-order valence-corrected chi connectivity index (χ0v) is 22.8. The number of benzene rings is 2. The Morgan fingerprint density at radius 1 is 1.27 bits per heavy atom. The molecule has 0 saturated carbocycles. The number of likely N-dealkylation sites (tertiary alicyclic amines) is 1. The van der Waals surface area contributed by atoms with Gasteiger partial charge in [0, 0.05) is 17.3 Å². The van der Waals surface area contributed by atoms with Crippen molar-refractivity contribution in [3.05, 3.63) is 71.1 Å². The minimum absolute atomic E-state index is 0.193. The van der Waals surface area contributed by atoms with Crippen LogP contribution in [0.5, 0.6) is 11.5 Å². The molecular weight excluding hydrogens is 484 g/mol. The average molecular weight is 523 g/mol. The first-order valence-electron chi connectivity index (χ1n) is 12.8. The molecule has 1 atom stereocenters. The van der Waals surface area contributed by atoms with E-state index in [2.05, 4.69) is 28.7 Å². The minimum Gasteiger partial charge on any atom is -0.508 e. The smallest absolute Gasteiger partial charge is 0.206 e. The highest BCUT2D eigenvalue weighted by Crippen LogP contribution is 2.31. The van der Waals surface area contributed by atoms with E-state index in [1.807, 2.05) is 38.1 Å². The first-order chi connectivity index (χ1) is 17.9. The van der Waals surface area contributed by atoms with E-state index in [0.29, 0.717) is 34.6 Å². The molecule has 8 heteroatoms. The van der Waals surface area contributed by atoms with E-state index in [-0.39, 0.29) is 17.4 Å². The Morgan fingerprint density at radius 3 is 2.59 bits per heavy atom. The molecule has 0 amide bonds. The van der Waals surface area contributed by atoms with Gasteiger partial charge in [-0.25, -0.2) is 4.98 Å². The molecule has 4 N–H and O–H groups in total. The van der Waals surface area contributed by atoms with Crippen molar-refractivity contribution >= 4 is 33.8 Å². The molecule has 1 saturated heterocycles. The van der Waals surface area contributed by atoms with Crippen molar-refractivity contribution in [1.29, 1.82) is 0 Å². The zero-order valence-electron chi connectivity index (χ0n) is 22.0. The molecule has 0 radical (unpaired) electrons. The summed E-state index contributed by atoms with van der Waals surface area (Å²) in [7, 11) is 0. The van der Waals surface area contributed by atoms with Gasteiger partial charge in [-0.15, -0.1) is 6.58 Å². The number of aromatic nitrogens is 1. The van der Waals surface area contributed by atoms with Crippen LogP contribution in [0.1, 0.15) is 60.8 Å². The Kier molecular flexibility index (Phi) is 10.5. The number of nitrogens with two attached hydrogens (primary N) is 1. The summed E-state index contributed by atoms with van der Waals surface area (Å²) in [5.74, 6) is 1.02. The number of thiazole rings is 1. The monoisotopic (exact) mass is 522 g/mol. The molecule has 3 aromatic rings. The molecule has 0 unspecified atom stereocenters. The van der Waals surface area contributed by atoms with Crippen molar-refractivity contribution in [2.75, 3.05) is 30.7 Å². The molecule has 1 aliphatic heterocycles. The summed E-state index contributed by atoms with van der Waals surface area (Å²) < 4.78 is 5.96. The first-order valence-corrected chi connectivity index (χ1v) is 13.6. The molecule has 37 heavy (non-hydrogen) atoms. The standard InChI is InChI=1S/C26H32N4O3S.C3H6/c1-3-6-18-15-19(7-12-22(18)31)23(32)24-25(27)29-26(34-24)28-20-8-10-21(11-9-20)33-16-17(2)30-13-4-5-14-30;1-3-2/h7-12,15,17,31H,3-6,13-14,16,27H2,1-2H3,(H,28,29);3H,1H2,2H3/t17-;/m1./s1. The first kappa shape index (κ1) is 28.2. The van der Waals surface area contributed by atoms with E-state index in [9.17, 15) is 9.90 Å². The third kappa shape index (κ3) is 7.81. The lowest BCUT2D eigenvalue weighted by Crippen LogP contribution is -2.34. The second-order valence-electron chi connectivity index (χ2n) is 9.12. The van der Waals surface area contributed by atoms with E-state index in [1.54, 1.807) is 24.3 Å². The number of allylic oxidation sites excluding steroid dienone is 1. The number of phenolic OH excluding ortho intramolecular Hbond substituents is 1. The van der Waals surface area contributed by atoms with Crippen molar-refractivity contribution < 1.29 is 14.6 Å². The predicted molar refractivity (Wildman–Crippen MR) is 153 cm³/mol. The molecule has 2 heterocycles. The number of nitrogen functional groups attached to an aromatic ring is 1. The van der Waals surface area contributed by atoms with Crippen LogP contribution < -0.4 is 15.8 Å². The fourth-order valence-electron chi connectivity index (χ4n) is 4.14. The largest absolute Gasteiger partial charge is 0.508 e. The fourth-order valence-corrected chi connectivity index (χ4v) is 5.01. The van der Waals surface area contributed by atoms with Crippen LogP contribution in [0.4, 0.5) is 16.6 Å². The van der Waals surface area contributed by atoms with Gasteiger partial charge in [0.25, 0.3) is 0 Å². The van der Waals surface area contributed by atoms with Gasteiger partial charge in [-0.05, 0) is 94.2 Å². The van der Waals surface area contributed by atoms with Crippen molar-refractivity contribution in [3.63, 3.8) is 0 Å². The number of hydrogen-bond acceptors (Lipinski definition) is 8. The Morgan fingerprint density at radius 2 is 1.95 bits per heavy atom. The number of aryl methyl sites for hydroxylation is 1. The Balaban J connectivity index is 0.00000121. The molecule has 7 nitrogen and oxygen atoms in total. The van der Waals surface area contributed by atoms with Gasteiger partial charge in [0.15, 0.2) is 5.13 Å². The lowest BCUT2D eigenvalue weighted by atomic mass is 10.0. The summed E-state index contributed by atoms with van der Waals surface area (Å²) in [5, 5.41) is 13.8. The van der Waals surface area contributed by atoms with Crippen LogP contribution in [0.2, 0.25) is 0 Å². The van der Waals surface area contributed by atoms with Crippen LogP contribution in [0, 0.1) is 0 Å². The summed E-state index contributed by atoms with van der Waals surface area (Å²) in [4.78, 5) is 20.2. The highest BCUT2D eigenvalue weighted by atomic mass is 32.1. The number of hydrogen-bond donors (Lipinski definition) is 3. The van der Waals surface area contributed by atoms with Crippen LogP contribution in [0.3, 0.4) is 0 Å². The lowest BCUT2D eigenvalue weighted by molar-refractivity contribution is 0.104. The van der Waals surface area contributed by atoms with Gasteiger partial charge in [-0.3, -0.25) is 9.69 Å². The maximum Gasteiger partial charge on any atom is 0.206 e. The summed E-state index contributed by atoms with van der Waals surface area (Å²) in [6, 6.07) is 13.0. The second-order valence-corrected chi connectivity index (χ2v) is 10.1. The molecule has 1 aliphatic rings. The van der Waals surface area contributed by atoms with Crippen molar-refractivity contribution in [3.8, 4) is 11.5 Å². The summed E-state index contributed by atoms with van der Waals surface area (Å²) >= 11 is 1.22. The highest BCUT2D eigenvalue weighted by Gasteiger charge is 2.20. The number of ether oxygens (including phenoxy) is 1. The topological polar surface area (TPSA) is 101 Å². The number of carbonyl (C=O) groups excluding carboxylic acids is 1. The fraction of sp³-hybridized carbons (Fsp3) is 0.379. The zero-order chi connectivity index (χ0) is 26.8. The molecule has 1 fully saturated rings. The van der Waals surface area contributed by atoms with Crippen molar-refractivity contribution in [2.24, 2.45) is 0 Å². The van der Waals surface area contributed by atoms with Gasteiger partial charge in [0.05, 0.1) is 0 Å². The second kappa shape index (κ2) is 13.8. The maximum absolute atomic E-state index is 13.0. The predicted octanol–water partition coefficient (Wildman–Crippen LogP) is 6.41. The lowest BCUT2D eigenvalue weighted by Gasteiger charge is -2.23. The van der Waals surface area contributed by atoms with Crippen LogP contribution in [0.25, 0.3) is 0 Å². The summed E-state index contributed by atoms with van der Waals surface area (Å²) in [5.41, 5.74) is 8.15. The molecule has 0 spiro atoms. The Bertz CT molecular complexity index is 1170. The number of rotatable bonds is 10. The number of phenols is 1. The number of nitrogens with zero attached hydrogens (tertiary/aromatic N) is 2. The van der Waals surface area contributed by atoms with Crippen LogP contribution in [-0.2, 0) is 6.42 Å². The van der Waals surface area contributed by atoms with Gasteiger partial charge in [-0.2, -0.15) is 0 Å². The van der Waals surface area contributed by atoms with Gasteiger partial charge in [0.1, 0.15) is 28.8 Å². The highest BCUT2D eigenvalue weighted by molar-refractivity contribution is 7.18.